The molecular formula is C19H17FN2O2S. The predicted molar refractivity (Wildman–Crippen MR) is 97.7 cm³/mol. The van der Waals surface area contributed by atoms with Crippen LogP contribution in [-0.4, -0.2) is 16.7 Å². The molecule has 1 N–H and O–H groups in total. The third-order valence-electron chi connectivity index (χ3n) is 3.93. The molecule has 0 unspecified atom stereocenters. The van der Waals surface area contributed by atoms with Crippen molar-refractivity contribution in [2.75, 3.05) is 5.32 Å². The summed E-state index contributed by atoms with van der Waals surface area (Å²) in [5, 5.41) is 3.29. The number of carbonyl (C=O) groups excluding carboxylic acids is 2. The molecule has 0 saturated carbocycles. The van der Waals surface area contributed by atoms with Gasteiger partial charge in [-0.25, -0.2) is 9.37 Å². The van der Waals surface area contributed by atoms with E-state index in [9.17, 15) is 14.0 Å². The van der Waals surface area contributed by atoms with E-state index in [0.29, 0.717) is 10.7 Å². The van der Waals surface area contributed by atoms with Gasteiger partial charge in [-0.15, -0.1) is 0 Å². The van der Waals surface area contributed by atoms with E-state index in [1.165, 1.54) is 35.6 Å². The molecule has 0 bridgehead atoms. The normalized spacial score (nSPS) is 10.8. The Kier molecular flexibility index (Phi) is 4.90. The van der Waals surface area contributed by atoms with Crippen LogP contribution >= 0.6 is 11.3 Å². The maximum absolute atomic E-state index is 12.9. The van der Waals surface area contributed by atoms with Crippen LogP contribution < -0.4 is 5.32 Å². The van der Waals surface area contributed by atoms with Gasteiger partial charge in [0, 0.05) is 18.4 Å². The van der Waals surface area contributed by atoms with E-state index in [1.54, 1.807) is 0 Å². The topological polar surface area (TPSA) is 59.1 Å². The second-order valence-corrected chi connectivity index (χ2v) is 6.87. The van der Waals surface area contributed by atoms with Gasteiger partial charge < -0.3 is 5.32 Å². The summed E-state index contributed by atoms with van der Waals surface area (Å²) in [4.78, 5) is 28.6. The van der Waals surface area contributed by atoms with Crippen LogP contribution in [0.1, 0.15) is 34.3 Å². The summed E-state index contributed by atoms with van der Waals surface area (Å²) >= 11 is 1.43. The molecule has 3 aromatic rings. The van der Waals surface area contributed by atoms with Gasteiger partial charge in [0.25, 0.3) is 0 Å². The molecule has 0 atom stereocenters. The van der Waals surface area contributed by atoms with Crippen molar-refractivity contribution >= 4 is 38.4 Å². The number of aromatic nitrogens is 1. The number of Topliss-reactive ketones (excluding diaryl/α,β-unsaturated/α-hetero) is 1. The van der Waals surface area contributed by atoms with Gasteiger partial charge in [0.05, 0.1) is 10.2 Å². The van der Waals surface area contributed by atoms with Crippen molar-refractivity contribution in [3.63, 3.8) is 0 Å². The van der Waals surface area contributed by atoms with E-state index in [-0.39, 0.29) is 24.5 Å². The first-order chi connectivity index (χ1) is 11.9. The first-order valence-electron chi connectivity index (χ1n) is 7.89. The highest BCUT2D eigenvalue weighted by Gasteiger charge is 2.13. The van der Waals surface area contributed by atoms with Crippen molar-refractivity contribution in [2.45, 2.75) is 26.7 Å². The number of nitrogens with zero attached hydrogens (tertiary/aromatic N) is 1. The fourth-order valence-corrected chi connectivity index (χ4v) is 3.53. The molecular weight excluding hydrogens is 339 g/mol. The summed E-state index contributed by atoms with van der Waals surface area (Å²) < 4.78 is 13.9. The smallest absolute Gasteiger partial charge is 0.226 e. The van der Waals surface area contributed by atoms with Gasteiger partial charge in [0.2, 0.25) is 5.91 Å². The minimum atomic E-state index is -0.393. The maximum atomic E-state index is 12.9. The van der Waals surface area contributed by atoms with Crippen LogP contribution in [0.2, 0.25) is 0 Å². The van der Waals surface area contributed by atoms with E-state index in [1.807, 2.05) is 26.0 Å². The van der Waals surface area contributed by atoms with Gasteiger partial charge in [-0.05, 0) is 49.2 Å². The minimum absolute atomic E-state index is 0.0596. The summed E-state index contributed by atoms with van der Waals surface area (Å²) in [5.41, 5.74) is 3.47. The molecule has 3 rings (SSSR count). The van der Waals surface area contributed by atoms with E-state index in [2.05, 4.69) is 10.3 Å². The monoisotopic (exact) mass is 356 g/mol. The minimum Gasteiger partial charge on any atom is -0.302 e. The van der Waals surface area contributed by atoms with Crippen LogP contribution in [0.5, 0.6) is 0 Å². The Morgan fingerprint density at radius 3 is 2.40 bits per heavy atom. The number of amides is 1. The zero-order chi connectivity index (χ0) is 18.0. The van der Waals surface area contributed by atoms with Gasteiger partial charge in [0.15, 0.2) is 10.9 Å². The number of hydrogen-bond donors (Lipinski definition) is 1. The van der Waals surface area contributed by atoms with E-state index in [4.69, 9.17) is 0 Å². The molecule has 0 saturated heterocycles. The number of nitrogens with one attached hydrogen (secondary N) is 1. The number of aryl methyl sites for hydroxylation is 2. The second kappa shape index (κ2) is 7.11. The van der Waals surface area contributed by atoms with Crippen molar-refractivity contribution in [2.24, 2.45) is 0 Å². The van der Waals surface area contributed by atoms with Gasteiger partial charge in [-0.1, -0.05) is 23.5 Å². The molecule has 0 aliphatic rings. The van der Waals surface area contributed by atoms with Crippen LogP contribution in [0.25, 0.3) is 10.2 Å². The summed E-state index contributed by atoms with van der Waals surface area (Å²) in [6.07, 6.45) is 0.129. The molecule has 4 nitrogen and oxygen atoms in total. The lowest BCUT2D eigenvalue weighted by molar-refractivity contribution is -0.116. The zero-order valence-electron chi connectivity index (χ0n) is 13.9. The van der Waals surface area contributed by atoms with E-state index in [0.717, 1.165) is 21.3 Å². The van der Waals surface area contributed by atoms with Crippen molar-refractivity contribution in [3.8, 4) is 0 Å². The molecule has 0 aliphatic heterocycles. The predicted octanol–water partition coefficient (Wildman–Crippen LogP) is 4.65. The Labute approximate surface area is 148 Å². The van der Waals surface area contributed by atoms with Crippen LogP contribution in [0, 0.1) is 19.7 Å². The first kappa shape index (κ1) is 17.2. The highest BCUT2D eigenvalue weighted by molar-refractivity contribution is 7.22. The third-order valence-corrected chi connectivity index (χ3v) is 5.04. The SMILES string of the molecule is Cc1ccc(C)c2sc(NC(=O)CCC(=O)c3ccc(F)cc3)nc12. The standard InChI is InChI=1S/C19H17FN2O2S/c1-11-3-4-12(2)18-17(11)22-19(25-18)21-16(24)10-9-15(23)13-5-7-14(20)8-6-13/h3-8H,9-10H2,1-2H3,(H,21,22,24). The molecule has 0 aliphatic carbocycles. The van der Waals surface area contributed by atoms with Crippen LogP contribution in [0.4, 0.5) is 9.52 Å². The number of hydrogen-bond acceptors (Lipinski definition) is 4. The van der Waals surface area contributed by atoms with Crippen LogP contribution in [0.3, 0.4) is 0 Å². The Hall–Kier alpha value is -2.60. The lowest BCUT2D eigenvalue weighted by Gasteiger charge is -2.02. The average molecular weight is 356 g/mol. The fraction of sp³-hybridized carbons (Fsp3) is 0.211. The molecule has 128 valence electrons. The number of carbonyl (C=O) groups is 2. The van der Waals surface area contributed by atoms with Crippen LogP contribution in [0.15, 0.2) is 36.4 Å². The Balaban J connectivity index is 1.63. The molecule has 0 fully saturated rings. The highest BCUT2D eigenvalue weighted by Crippen LogP contribution is 2.30. The van der Waals surface area contributed by atoms with Gasteiger partial charge >= 0.3 is 0 Å². The lowest BCUT2D eigenvalue weighted by Crippen LogP contribution is -2.13. The van der Waals surface area contributed by atoms with Crippen molar-refractivity contribution in [1.82, 2.24) is 4.98 Å². The van der Waals surface area contributed by atoms with E-state index >= 15 is 0 Å². The molecule has 1 amide bonds. The lowest BCUT2D eigenvalue weighted by atomic mass is 10.1. The maximum Gasteiger partial charge on any atom is 0.226 e. The molecule has 0 spiro atoms. The van der Waals surface area contributed by atoms with Crippen molar-refractivity contribution in [1.29, 1.82) is 0 Å². The molecule has 0 radical (unpaired) electrons. The van der Waals surface area contributed by atoms with Crippen molar-refractivity contribution in [3.05, 3.63) is 58.9 Å². The number of thiazole rings is 1. The van der Waals surface area contributed by atoms with Gasteiger partial charge in [-0.3, -0.25) is 9.59 Å². The largest absolute Gasteiger partial charge is 0.302 e. The molecule has 1 heterocycles. The van der Waals surface area contributed by atoms with Gasteiger partial charge in [0.1, 0.15) is 5.82 Å². The molecule has 25 heavy (non-hydrogen) atoms. The van der Waals surface area contributed by atoms with Gasteiger partial charge in [-0.2, -0.15) is 0 Å². The summed E-state index contributed by atoms with van der Waals surface area (Å²) in [6.45, 7) is 3.99. The zero-order valence-corrected chi connectivity index (χ0v) is 14.7. The fourth-order valence-electron chi connectivity index (χ4n) is 2.50. The number of fused-ring (bicyclic) bond motifs is 1. The highest BCUT2D eigenvalue weighted by atomic mass is 32.1. The molecule has 6 heteroatoms. The molecule has 1 aromatic heterocycles. The summed E-state index contributed by atoms with van der Waals surface area (Å²) in [5.74, 6) is -0.841. The number of halogens is 1. The number of anilines is 1. The Bertz CT molecular complexity index is 909. The number of rotatable bonds is 5. The summed E-state index contributed by atoms with van der Waals surface area (Å²) in [6, 6.07) is 9.36. The van der Waals surface area contributed by atoms with Crippen molar-refractivity contribution < 1.29 is 14.0 Å². The second-order valence-electron chi connectivity index (χ2n) is 5.87. The quantitative estimate of drug-likeness (QED) is 0.677. The summed E-state index contributed by atoms with van der Waals surface area (Å²) in [7, 11) is 0. The molecule has 2 aromatic carbocycles. The van der Waals surface area contributed by atoms with Crippen LogP contribution in [-0.2, 0) is 4.79 Å². The Morgan fingerprint density at radius 2 is 1.72 bits per heavy atom. The van der Waals surface area contributed by atoms with E-state index < -0.39 is 5.82 Å². The third kappa shape index (κ3) is 3.91. The first-order valence-corrected chi connectivity index (χ1v) is 8.71. The number of ketones is 1. The number of benzene rings is 2. The average Bonchev–Trinajstić information content (AvgIpc) is 3.02. The Morgan fingerprint density at radius 1 is 1.04 bits per heavy atom.